The summed E-state index contributed by atoms with van der Waals surface area (Å²) in [4.78, 5) is 32.4. The molecular weight excluding hydrogens is 330 g/mol. The van der Waals surface area contributed by atoms with Gasteiger partial charge in [-0.2, -0.15) is 0 Å². The highest BCUT2D eigenvalue weighted by Gasteiger charge is 2.47. The minimum atomic E-state index is -0.393. The molecule has 2 aliphatic rings. The summed E-state index contributed by atoms with van der Waals surface area (Å²) in [6.45, 7) is 7.08. The van der Waals surface area contributed by atoms with Crippen LogP contribution in [0.3, 0.4) is 0 Å². The topological polar surface area (TPSA) is 62.7 Å². The number of pyridine rings is 1. The minimum Gasteiger partial charge on any atom is -0.441 e. The van der Waals surface area contributed by atoms with E-state index in [2.05, 4.69) is 18.8 Å². The van der Waals surface area contributed by atoms with Crippen LogP contribution in [-0.2, 0) is 16.0 Å². The average molecular weight is 359 g/mol. The van der Waals surface area contributed by atoms with E-state index in [0.29, 0.717) is 32.0 Å². The number of aryl methyl sites for hydroxylation is 1. The van der Waals surface area contributed by atoms with Crippen molar-refractivity contribution in [2.45, 2.75) is 51.6 Å². The third-order valence-corrected chi connectivity index (χ3v) is 5.42. The number of carbonyl (C=O) groups is 2. The number of rotatable bonds is 6. The summed E-state index contributed by atoms with van der Waals surface area (Å²) in [6.07, 6.45) is 7.02. The second-order valence-corrected chi connectivity index (χ2v) is 7.89. The van der Waals surface area contributed by atoms with E-state index in [0.717, 1.165) is 37.8 Å². The smallest absolute Gasteiger partial charge is 0.410 e. The van der Waals surface area contributed by atoms with Gasteiger partial charge in [-0.15, -0.1) is 0 Å². The first-order chi connectivity index (χ1) is 12.5. The van der Waals surface area contributed by atoms with Gasteiger partial charge in [-0.3, -0.25) is 9.78 Å². The van der Waals surface area contributed by atoms with Crippen LogP contribution in [0.2, 0.25) is 0 Å². The first kappa shape index (κ1) is 18.7. The molecule has 0 saturated carbocycles. The van der Waals surface area contributed by atoms with Crippen molar-refractivity contribution in [3.8, 4) is 0 Å². The summed E-state index contributed by atoms with van der Waals surface area (Å²) < 4.78 is 5.73. The summed E-state index contributed by atoms with van der Waals surface area (Å²) >= 11 is 0. The third kappa shape index (κ3) is 4.54. The summed E-state index contributed by atoms with van der Waals surface area (Å²) in [5.74, 6) is 0.747. The zero-order chi connectivity index (χ0) is 18.6. The van der Waals surface area contributed by atoms with E-state index in [1.165, 1.54) is 0 Å². The first-order valence-electron chi connectivity index (χ1n) is 9.62. The zero-order valence-corrected chi connectivity index (χ0v) is 15.8. The van der Waals surface area contributed by atoms with Crippen molar-refractivity contribution in [1.82, 2.24) is 14.8 Å². The fourth-order valence-electron chi connectivity index (χ4n) is 3.66. The van der Waals surface area contributed by atoms with Crippen LogP contribution in [0.25, 0.3) is 0 Å². The number of hydrogen-bond acceptors (Lipinski definition) is 4. The Bertz CT molecular complexity index is 624. The van der Waals surface area contributed by atoms with Gasteiger partial charge in [0.15, 0.2) is 0 Å². The molecule has 3 rings (SSSR count). The lowest BCUT2D eigenvalue weighted by Gasteiger charge is -2.37. The second kappa shape index (κ2) is 8.06. The van der Waals surface area contributed by atoms with E-state index in [1.54, 1.807) is 12.4 Å². The molecule has 1 aromatic rings. The van der Waals surface area contributed by atoms with Gasteiger partial charge in [0.25, 0.3) is 0 Å². The minimum absolute atomic E-state index is 0.178. The Morgan fingerprint density at radius 2 is 1.96 bits per heavy atom. The van der Waals surface area contributed by atoms with Gasteiger partial charge in [-0.1, -0.05) is 13.8 Å². The Kier molecular flexibility index (Phi) is 5.79. The summed E-state index contributed by atoms with van der Waals surface area (Å²) in [6, 6.07) is 3.89. The molecule has 2 fully saturated rings. The Balaban J connectivity index is 1.46. The standard InChI is InChI=1S/C20H29N3O3/c1-16(2)7-12-23-15-20(26-19(23)25)8-13-22(14-9-20)18(24)4-3-17-5-10-21-11-6-17/h5-6,10-11,16H,3-4,7-9,12-15H2,1-2H3. The van der Waals surface area contributed by atoms with E-state index in [1.807, 2.05) is 21.9 Å². The van der Waals surface area contributed by atoms with Crippen molar-refractivity contribution >= 4 is 12.0 Å². The van der Waals surface area contributed by atoms with Crippen LogP contribution in [0, 0.1) is 5.92 Å². The molecule has 0 aliphatic carbocycles. The highest BCUT2D eigenvalue weighted by atomic mass is 16.6. The van der Waals surface area contributed by atoms with Crippen LogP contribution in [0.5, 0.6) is 0 Å². The maximum atomic E-state index is 12.5. The van der Waals surface area contributed by atoms with Crippen molar-refractivity contribution in [2.75, 3.05) is 26.2 Å². The fraction of sp³-hybridized carbons (Fsp3) is 0.650. The van der Waals surface area contributed by atoms with Gasteiger partial charge in [0, 0.05) is 51.3 Å². The van der Waals surface area contributed by atoms with E-state index < -0.39 is 5.60 Å². The van der Waals surface area contributed by atoms with E-state index >= 15 is 0 Å². The lowest BCUT2D eigenvalue weighted by Crippen LogP contribution is -2.48. The van der Waals surface area contributed by atoms with Crippen LogP contribution < -0.4 is 0 Å². The maximum absolute atomic E-state index is 12.5. The molecule has 0 atom stereocenters. The van der Waals surface area contributed by atoms with Crippen LogP contribution in [0.1, 0.15) is 45.1 Å². The molecule has 0 unspecified atom stereocenters. The number of piperidine rings is 1. The van der Waals surface area contributed by atoms with Gasteiger partial charge in [-0.25, -0.2) is 4.79 Å². The Hall–Kier alpha value is -2.11. The van der Waals surface area contributed by atoms with Gasteiger partial charge >= 0.3 is 6.09 Å². The van der Waals surface area contributed by atoms with Gasteiger partial charge in [0.2, 0.25) is 5.91 Å². The van der Waals surface area contributed by atoms with Crippen molar-refractivity contribution in [3.63, 3.8) is 0 Å². The molecule has 0 aromatic carbocycles. The van der Waals surface area contributed by atoms with E-state index in [9.17, 15) is 9.59 Å². The van der Waals surface area contributed by atoms with Crippen molar-refractivity contribution in [2.24, 2.45) is 5.92 Å². The molecule has 142 valence electrons. The number of amides is 2. The zero-order valence-electron chi connectivity index (χ0n) is 15.8. The number of ether oxygens (including phenoxy) is 1. The molecular formula is C20H29N3O3. The monoisotopic (exact) mass is 359 g/mol. The second-order valence-electron chi connectivity index (χ2n) is 7.89. The fourth-order valence-corrected chi connectivity index (χ4v) is 3.66. The molecule has 6 nitrogen and oxygen atoms in total. The van der Waals surface area contributed by atoms with Crippen LogP contribution in [0.15, 0.2) is 24.5 Å². The van der Waals surface area contributed by atoms with Crippen molar-refractivity contribution in [1.29, 1.82) is 0 Å². The number of aromatic nitrogens is 1. The largest absolute Gasteiger partial charge is 0.441 e. The maximum Gasteiger partial charge on any atom is 0.410 e. The average Bonchev–Trinajstić information content (AvgIpc) is 2.94. The Morgan fingerprint density at radius 1 is 1.27 bits per heavy atom. The molecule has 2 amide bonds. The molecule has 1 spiro atoms. The summed E-state index contributed by atoms with van der Waals surface area (Å²) in [5.41, 5.74) is 0.739. The van der Waals surface area contributed by atoms with Crippen molar-refractivity contribution < 1.29 is 14.3 Å². The molecule has 3 heterocycles. The molecule has 6 heteroatoms. The molecule has 2 aliphatic heterocycles. The molecule has 1 aromatic heterocycles. The predicted octanol–water partition coefficient (Wildman–Crippen LogP) is 2.87. The quantitative estimate of drug-likeness (QED) is 0.783. The third-order valence-electron chi connectivity index (χ3n) is 5.42. The van der Waals surface area contributed by atoms with E-state index in [4.69, 9.17) is 4.74 Å². The number of hydrogen-bond donors (Lipinski definition) is 0. The summed E-state index contributed by atoms with van der Waals surface area (Å²) in [7, 11) is 0. The summed E-state index contributed by atoms with van der Waals surface area (Å²) in [5, 5.41) is 0. The van der Waals surface area contributed by atoms with Gasteiger partial charge in [0.05, 0.1) is 6.54 Å². The first-order valence-corrected chi connectivity index (χ1v) is 9.62. The van der Waals surface area contributed by atoms with Gasteiger partial charge in [-0.05, 0) is 36.5 Å². The van der Waals surface area contributed by atoms with E-state index in [-0.39, 0.29) is 12.0 Å². The number of likely N-dealkylation sites (tertiary alicyclic amines) is 1. The highest BCUT2D eigenvalue weighted by molar-refractivity contribution is 5.76. The number of nitrogens with zero attached hydrogens (tertiary/aromatic N) is 3. The normalized spacial score (nSPS) is 19.3. The SMILES string of the molecule is CC(C)CCN1CC2(CCN(C(=O)CCc3ccncc3)CC2)OC1=O. The Morgan fingerprint density at radius 3 is 2.62 bits per heavy atom. The van der Waals surface area contributed by atoms with Crippen LogP contribution >= 0.6 is 0 Å². The molecule has 0 bridgehead atoms. The molecule has 0 N–H and O–H groups in total. The molecule has 26 heavy (non-hydrogen) atoms. The van der Waals surface area contributed by atoms with Crippen molar-refractivity contribution in [3.05, 3.63) is 30.1 Å². The lowest BCUT2D eigenvalue weighted by atomic mass is 9.91. The lowest BCUT2D eigenvalue weighted by molar-refractivity contribution is -0.134. The Labute approximate surface area is 155 Å². The van der Waals surface area contributed by atoms with Gasteiger partial charge < -0.3 is 14.5 Å². The molecule has 0 radical (unpaired) electrons. The van der Waals surface area contributed by atoms with Crippen LogP contribution in [-0.4, -0.2) is 58.6 Å². The van der Waals surface area contributed by atoms with Gasteiger partial charge in [0.1, 0.15) is 5.60 Å². The van der Waals surface area contributed by atoms with Crippen LogP contribution in [0.4, 0.5) is 4.79 Å². The molecule has 2 saturated heterocycles. The number of carbonyl (C=O) groups excluding carboxylic acids is 2. The predicted molar refractivity (Wildman–Crippen MR) is 98.6 cm³/mol. The highest BCUT2D eigenvalue weighted by Crippen LogP contribution is 2.33.